The van der Waals surface area contributed by atoms with E-state index in [1.165, 1.54) is 0 Å². The summed E-state index contributed by atoms with van der Waals surface area (Å²) in [6, 6.07) is 13.9. The molecule has 0 aliphatic carbocycles. The van der Waals surface area contributed by atoms with Crippen LogP contribution in [0.2, 0.25) is 0 Å². The van der Waals surface area contributed by atoms with Crippen LogP contribution in [0.25, 0.3) is 11.3 Å². The molecule has 0 atom stereocenters. The summed E-state index contributed by atoms with van der Waals surface area (Å²) in [5.74, 6) is 1.15. The van der Waals surface area contributed by atoms with Gasteiger partial charge in [-0.3, -0.25) is 4.98 Å². The van der Waals surface area contributed by atoms with Gasteiger partial charge < -0.3 is 14.4 Å². The maximum absolute atomic E-state index is 12.2. The van der Waals surface area contributed by atoms with Crippen LogP contribution in [0.3, 0.4) is 0 Å². The minimum Gasteiger partial charge on any atom is -0.492 e. The van der Waals surface area contributed by atoms with E-state index >= 15 is 0 Å². The second-order valence-electron chi connectivity index (χ2n) is 8.64. The lowest BCUT2D eigenvalue weighted by atomic mass is 9.98. The van der Waals surface area contributed by atoms with Crippen LogP contribution in [0.1, 0.15) is 39.2 Å². The fourth-order valence-electron chi connectivity index (χ4n) is 3.39. The Kier molecular flexibility index (Phi) is 6.94. The summed E-state index contributed by atoms with van der Waals surface area (Å²) < 4.78 is 11.4. The fraction of sp³-hybridized carbons (Fsp3) is 0.458. The van der Waals surface area contributed by atoms with Crippen molar-refractivity contribution in [3.8, 4) is 23.1 Å². The average Bonchev–Trinajstić information content (AvgIpc) is 2.72. The summed E-state index contributed by atoms with van der Waals surface area (Å²) >= 11 is 0. The van der Waals surface area contributed by atoms with Crippen LogP contribution in [0, 0.1) is 17.2 Å². The first-order valence-electron chi connectivity index (χ1n) is 10.4. The molecule has 6 heteroatoms. The Labute approximate surface area is 178 Å². The highest BCUT2D eigenvalue weighted by molar-refractivity contribution is 5.68. The van der Waals surface area contributed by atoms with Gasteiger partial charge in [0.05, 0.1) is 31.0 Å². The van der Waals surface area contributed by atoms with E-state index in [4.69, 9.17) is 14.7 Å². The van der Waals surface area contributed by atoms with Crippen molar-refractivity contribution in [1.29, 1.82) is 5.26 Å². The summed E-state index contributed by atoms with van der Waals surface area (Å²) in [4.78, 5) is 18.4. The number of nitrogens with zero attached hydrogens (tertiary/aromatic N) is 3. The number of ether oxygens (including phenoxy) is 2. The van der Waals surface area contributed by atoms with E-state index in [-0.39, 0.29) is 6.09 Å². The number of piperidine rings is 1. The number of nitriles is 1. The molecule has 1 aliphatic rings. The van der Waals surface area contributed by atoms with Gasteiger partial charge in [0.15, 0.2) is 0 Å². The van der Waals surface area contributed by atoms with Gasteiger partial charge in [-0.1, -0.05) is 18.2 Å². The summed E-state index contributed by atoms with van der Waals surface area (Å²) in [6.07, 6.45) is 3.69. The first kappa shape index (κ1) is 21.6. The molecule has 0 N–H and O–H groups in total. The van der Waals surface area contributed by atoms with Gasteiger partial charge >= 0.3 is 6.09 Å². The molecule has 1 aliphatic heterocycles. The van der Waals surface area contributed by atoms with E-state index < -0.39 is 5.60 Å². The Morgan fingerprint density at radius 2 is 2.00 bits per heavy atom. The largest absolute Gasteiger partial charge is 0.492 e. The van der Waals surface area contributed by atoms with E-state index in [1.807, 2.05) is 57.2 Å². The standard InChI is InChI=1S/C24H29N3O3/c1-24(2,3)30-23(28)27-13-10-19(11-14-27)17-29-21-7-8-22(26-16-21)20-6-4-5-18(15-20)9-12-25/h4-8,15-16,19H,9-11,13-14,17H2,1-3H3. The molecule has 2 aromatic rings. The van der Waals surface area contributed by atoms with Crippen molar-refractivity contribution >= 4 is 6.09 Å². The highest BCUT2D eigenvalue weighted by atomic mass is 16.6. The van der Waals surface area contributed by atoms with Crippen LogP contribution in [-0.2, 0) is 11.2 Å². The second kappa shape index (κ2) is 9.62. The third-order valence-corrected chi connectivity index (χ3v) is 4.99. The molecule has 1 amide bonds. The van der Waals surface area contributed by atoms with Crippen molar-refractivity contribution in [3.05, 3.63) is 48.2 Å². The number of pyridine rings is 1. The van der Waals surface area contributed by atoms with Gasteiger partial charge in [0.2, 0.25) is 0 Å². The number of aromatic nitrogens is 1. The molecular formula is C24H29N3O3. The molecule has 0 unspecified atom stereocenters. The molecule has 0 bridgehead atoms. The predicted molar refractivity (Wildman–Crippen MR) is 115 cm³/mol. The van der Waals surface area contributed by atoms with E-state index in [0.717, 1.165) is 35.4 Å². The lowest BCUT2D eigenvalue weighted by Gasteiger charge is -2.33. The summed E-state index contributed by atoms with van der Waals surface area (Å²) in [5.41, 5.74) is 2.36. The van der Waals surface area contributed by atoms with Crippen LogP contribution in [-0.4, -0.2) is 41.3 Å². The van der Waals surface area contributed by atoms with Crippen LogP contribution in [0.5, 0.6) is 5.75 Å². The van der Waals surface area contributed by atoms with Gasteiger partial charge in [0.25, 0.3) is 0 Å². The number of amides is 1. The van der Waals surface area contributed by atoms with Gasteiger partial charge in [0, 0.05) is 18.7 Å². The average molecular weight is 408 g/mol. The SMILES string of the molecule is CC(C)(C)OC(=O)N1CCC(COc2ccc(-c3cccc(CC#N)c3)nc2)CC1. The third-order valence-electron chi connectivity index (χ3n) is 4.99. The smallest absolute Gasteiger partial charge is 0.410 e. The van der Waals surface area contributed by atoms with Crippen LogP contribution in [0.4, 0.5) is 4.79 Å². The summed E-state index contributed by atoms with van der Waals surface area (Å²) in [7, 11) is 0. The molecule has 2 heterocycles. The number of hydrogen-bond donors (Lipinski definition) is 0. The summed E-state index contributed by atoms with van der Waals surface area (Å²) in [5, 5.41) is 8.86. The van der Waals surface area contributed by atoms with Crippen LogP contribution < -0.4 is 4.74 Å². The molecule has 6 nitrogen and oxygen atoms in total. The molecule has 3 rings (SSSR count). The maximum atomic E-state index is 12.2. The Morgan fingerprint density at radius 1 is 1.23 bits per heavy atom. The second-order valence-corrected chi connectivity index (χ2v) is 8.64. The van der Waals surface area contributed by atoms with Gasteiger partial charge in [-0.25, -0.2) is 4.79 Å². The molecule has 0 radical (unpaired) electrons. The molecule has 0 saturated carbocycles. The van der Waals surface area contributed by atoms with Crippen molar-refractivity contribution < 1.29 is 14.3 Å². The number of benzene rings is 1. The molecule has 30 heavy (non-hydrogen) atoms. The zero-order valence-corrected chi connectivity index (χ0v) is 17.9. The predicted octanol–water partition coefficient (Wildman–Crippen LogP) is 4.84. The molecule has 158 valence electrons. The monoisotopic (exact) mass is 407 g/mol. The lowest BCUT2D eigenvalue weighted by Crippen LogP contribution is -2.42. The Balaban J connectivity index is 1.48. The molecule has 1 aromatic carbocycles. The van der Waals surface area contributed by atoms with Crippen molar-refractivity contribution in [2.24, 2.45) is 5.92 Å². The van der Waals surface area contributed by atoms with E-state index in [1.54, 1.807) is 11.1 Å². The van der Waals surface area contributed by atoms with Crippen LogP contribution >= 0.6 is 0 Å². The maximum Gasteiger partial charge on any atom is 0.410 e. The van der Waals surface area contributed by atoms with Crippen molar-refractivity contribution in [1.82, 2.24) is 9.88 Å². The number of rotatable bonds is 5. The Bertz CT molecular complexity index is 889. The first-order chi connectivity index (χ1) is 14.3. The van der Waals surface area contributed by atoms with Crippen molar-refractivity contribution in [2.75, 3.05) is 19.7 Å². The van der Waals surface area contributed by atoms with Gasteiger partial charge in [-0.2, -0.15) is 5.26 Å². The van der Waals surface area contributed by atoms with E-state index in [0.29, 0.717) is 32.0 Å². The highest BCUT2D eigenvalue weighted by Crippen LogP contribution is 2.23. The minimum absolute atomic E-state index is 0.236. The summed E-state index contributed by atoms with van der Waals surface area (Å²) in [6.45, 7) is 7.65. The quantitative estimate of drug-likeness (QED) is 0.709. The normalized spacial score (nSPS) is 14.8. The fourth-order valence-corrected chi connectivity index (χ4v) is 3.39. The molecule has 0 spiro atoms. The molecular weight excluding hydrogens is 378 g/mol. The third kappa shape index (κ3) is 6.21. The zero-order valence-electron chi connectivity index (χ0n) is 17.9. The van der Waals surface area contributed by atoms with Crippen molar-refractivity contribution in [2.45, 2.75) is 45.6 Å². The van der Waals surface area contributed by atoms with Crippen molar-refractivity contribution in [3.63, 3.8) is 0 Å². The van der Waals surface area contributed by atoms with Gasteiger partial charge in [-0.15, -0.1) is 0 Å². The van der Waals surface area contributed by atoms with Gasteiger partial charge in [-0.05, 0) is 63.3 Å². The molecule has 1 saturated heterocycles. The van der Waals surface area contributed by atoms with Crippen LogP contribution in [0.15, 0.2) is 42.6 Å². The highest BCUT2D eigenvalue weighted by Gasteiger charge is 2.27. The Morgan fingerprint density at radius 3 is 2.63 bits per heavy atom. The Hall–Kier alpha value is -3.07. The van der Waals surface area contributed by atoms with E-state index in [2.05, 4.69) is 11.1 Å². The number of carbonyl (C=O) groups is 1. The van der Waals surface area contributed by atoms with E-state index in [9.17, 15) is 4.79 Å². The number of hydrogen-bond acceptors (Lipinski definition) is 5. The van der Waals surface area contributed by atoms with Gasteiger partial charge in [0.1, 0.15) is 11.4 Å². The minimum atomic E-state index is -0.465. The molecule has 1 aromatic heterocycles. The zero-order chi connectivity index (χ0) is 21.6. The molecule has 1 fully saturated rings. The first-order valence-corrected chi connectivity index (χ1v) is 10.4. The lowest BCUT2D eigenvalue weighted by molar-refractivity contribution is 0.0165. The topological polar surface area (TPSA) is 75.4 Å². The number of carbonyl (C=O) groups excluding carboxylic acids is 1. The number of likely N-dealkylation sites (tertiary alicyclic amines) is 1.